The first-order chi connectivity index (χ1) is 13.5. The largest absolute Gasteiger partial charge is 0.497 e. The second-order valence-electron chi connectivity index (χ2n) is 8.33. The van der Waals surface area contributed by atoms with Gasteiger partial charge < -0.3 is 20.1 Å². The first kappa shape index (κ1) is 19.4. The van der Waals surface area contributed by atoms with Gasteiger partial charge in [0, 0.05) is 24.9 Å². The van der Waals surface area contributed by atoms with Crippen molar-refractivity contribution in [3.63, 3.8) is 0 Å². The molecule has 2 aliphatic rings. The topological polar surface area (TPSA) is 73.2 Å². The molecule has 1 aliphatic carbocycles. The molecule has 0 amide bonds. The Morgan fingerprint density at radius 1 is 1.04 bits per heavy atom. The smallest absolute Gasteiger partial charge is 0.119 e. The number of hydrogen-bond donors (Lipinski definition) is 3. The summed E-state index contributed by atoms with van der Waals surface area (Å²) in [4.78, 5) is 2.25. The van der Waals surface area contributed by atoms with E-state index in [1.54, 1.807) is 7.11 Å². The number of aliphatic hydroxyl groups excluding tert-OH is 2. The number of benzene rings is 2. The van der Waals surface area contributed by atoms with E-state index in [1.165, 1.54) is 5.56 Å². The Labute approximate surface area is 166 Å². The van der Waals surface area contributed by atoms with Crippen LogP contribution in [0.25, 0.3) is 0 Å². The van der Waals surface area contributed by atoms with Crippen LogP contribution in [-0.4, -0.2) is 58.2 Å². The first-order valence-corrected chi connectivity index (χ1v) is 9.95. The molecule has 0 aromatic heterocycles. The predicted octanol–water partition coefficient (Wildman–Crippen LogP) is 2.09. The Hall–Kier alpha value is -1.92. The lowest BCUT2D eigenvalue weighted by Crippen LogP contribution is -2.68. The van der Waals surface area contributed by atoms with Crippen LogP contribution in [0.3, 0.4) is 0 Å². The van der Waals surface area contributed by atoms with Gasteiger partial charge in [-0.05, 0) is 42.6 Å². The van der Waals surface area contributed by atoms with Gasteiger partial charge in [-0.1, -0.05) is 42.5 Å². The van der Waals surface area contributed by atoms with E-state index in [0.29, 0.717) is 19.4 Å². The van der Waals surface area contributed by atoms with Gasteiger partial charge in [0.15, 0.2) is 0 Å². The summed E-state index contributed by atoms with van der Waals surface area (Å²) in [5, 5.41) is 32.7. The van der Waals surface area contributed by atoms with Crippen molar-refractivity contribution in [3.8, 4) is 5.75 Å². The lowest BCUT2D eigenvalue weighted by atomic mass is 9.55. The van der Waals surface area contributed by atoms with Crippen LogP contribution in [0.5, 0.6) is 5.75 Å². The van der Waals surface area contributed by atoms with Gasteiger partial charge in [0.25, 0.3) is 0 Å². The van der Waals surface area contributed by atoms with Crippen molar-refractivity contribution in [1.29, 1.82) is 0 Å². The van der Waals surface area contributed by atoms with Crippen LogP contribution >= 0.6 is 0 Å². The molecule has 2 aromatic rings. The Morgan fingerprint density at radius 2 is 1.79 bits per heavy atom. The molecule has 5 nitrogen and oxygen atoms in total. The maximum atomic E-state index is 11.8. The van der Waals surface area contributed by atoms with Crippen molar-refractivity contribution in [1.82, 2.24) is 4.90 Å². The number of methoxy groups -OCH3 is 1. The molecule has 1 heterocycles. The van der Waals surface area contributed by atoms with Crippen molar-refractivity contribution in [2.45, 2.75) is 49.0 Å². The Morgan fingerprint density at radius 3 is 2.54 bits per heavy atom. The van der Waals surface area contributed by atoms with Gasteiger partial charge in [0.2, 0.25) is 0 Å². The number of β-amino-alcohol motifs (C(OH)–C–C–N with tert-alkyl or cyclic N) is 1. The van der Waals surface area contributed by atoms with Crippen molar-refractivity contribution in [2.24, 2.45) is 0 Å². The third-order valence-corrected chi connectivity index (χ3v) is 6.65. The molecule has 0 radical (unpaired) electrons. The van der Waals surface area contributed by atoms with Crippen LogP contribution in [0.1, 0.15) is 30.4 Å². The summed E-state index contributed by atoms with van der Waals surface area (Å²) in [7, 11) is 1.63. The fourth-order valence-electron chi connectivity index (χ4n) is 5.14. The average Bonchev–Trinajstić information content (AvgIpc) is 2.70. The van der Waals surface area contributed by atoms with Gasteiger partial charge in [-0.3, -0.25) is 4.90 Å². The SMILES string of the molecule is COc1cccc([C@]23CCN(Cc4ccccc4)C[C@]2(O)CC(O)C(O)C3)c1. The number of aliphatic hydroxyl groups is 3. The second kappa shape index (κ2) is 7.48. The number of rotatable bonds is 4. The molecule has 0 bridgehead atoms. The highest BCUT2D eigenvalue weighted by molar-refractivity contribution is 5.39. The van der Waals surface area contributed by atoms with Crippen LogP contribution in [-0.2, 0) is 12.0 Å². The van der Waals surface area contributed by atoms with Crippen molar-refractivity contribution < 1.29 is 20.1 Å². The van der Waals surface area contributed by atoms with Crippen LogP contribution in [0, 0.1) is 0 Å². The molecule has 150 valence electrons. The lowest BCUT2D eigenvalue weighted by Gasteiger charge is -2.58. The molecule has 4 atom stereocenters. The summed E-state index contributed by atoms with van der Waals surface area (Å²) < 4.78 is 5.40. The minimum Gasteiger partial charge on any atom is -0.497 e. The highest BCUT2D eigenvalue weighted by Crippen LogP contribution is 2.52. The summed E-state index contributed by atoms with van der Waals surface area (Å²) >= 11 is 0. The monoisotopic (exact) mass is 383 g/mol. The normalized spacial score (nSPS) is 33.3. The first-order valence-electron chi connectivity index (χ1n) is 9.95. The minimum absolute atomic E-state index is 0.163. The zero-order chi connectivity index (χ0) is 19.8. The quantitative estimate of drug-likeness (QED) is 0.754. The number of nitrogens with zero attached hydrogens (tertiary/aromatic N) is 1. The van der Waals surface area contributed by atoms with E-state index in [0.717, 1.165) is 24.4 Å². The van der Waals surface area contributed by atoms with E-state index in [1.807, 2.05) is 42.5 Å². The fraction of sp³-hybridized carbons (Fsp3) is 0.478. The van der Waals surface area contributed by atoms with E-state index in [4.69, 9.17) is 4.74 Å². The number of hydrogen-bond acceptors (Lipinski definition) is 5. The minimum atomic E-state index is -1.12. The summed E-state index contributed by atoms with van der Waals surface area (Å²) in [6, 6.07) is 18.0. The summed E-state index contributed by atoms with van der Waals surface area (Å²) in [5.74, 6) is 0.738. The van der Waals surface area contributed by atoms with Gasteiger partial charge in [0.05, 0.1) is 24.9 Å². The van der Waals surface area contributed by atoms with Gasteiger partial charge in [-0.25, -0.2) is 0 Å². The Kier molecular flexibility index (Phi) is 5.19. The molecule has 2 unspecified atom stereocenters. The number of piperidine rings is 1. The van der Waals surface area contributed by atoms with E-state index >= 15 is 0 Å². The zero-order valence-corrected chi connectivity index (χ0v) is 16.3. The zero-order valence-electron chi connectivity index (χ0n) is 16.3. The molecule has 2 aromatic carbocycles. The molecular formula is C23H29NO4. The molecule has 1 saturated heterocycles. The molecular weight excluding hydrogens is 354 g/mol. The molecule has 4 rings (SSSR count). The standard InChI is InChI=1S/C23H29NO4/c1-28-19-9-5-8-18(12-19)22-10-11-24(15-17-6-3-2-4-7-17)16-23(22,27)14-21(26)20(25)13-22/h2-9,12,20-21,25-27H,10-11,13-16H2,1H3/t20?,21?,22-,23-/m1/s1. The van der Waals surface area contributed by atoms with E-state index in [9.17, 15) is 15.3 Å². The number of ether oxygens (including phenoxy) is 1. The summed E-state index contributed by atoms with van der Waals surface area (Å²) in [6.45, 7) is 2.04. The maximum absolute atomic E-state index is 11.8. The second-order valence-corrected chi connectivity index (χ2v) is 8.33. The van der Waals surface area contributed by atoms with Crippen molar-refractivity contribution >= 4 is 0 Å². The molecule has 5 heteroatoms. The van der Waals surface area contributed by atoms with Gasteiger partial charge in [-0.2, -0.15) is 0 Å². The third kappa shape index (κ3) is 3.33. The van der Waals surface area contributed by atoms with Gasteiger partial charge in [0.1, 0.15) is 5.75 Å². The van der Waals surface area contributed by atoms with Crippen molar-refractivity contribution in [3.05, 3.63) is 65.7 Å². The molecule has 3 N–H and O–H groups in total. The fourth-order valence-corrected chi connectivity index (χ4v) is 5.14. The van der Waals surface area contributed by atoms with Crippen molar-refractivity contribution in [2.75, 3.05) is 20.2 Å². The highest BCUT2D eigenvalue weighted by Gasteiger charge is 2.59. The lowest BCUT2D eigenvalue weighted by molar-refractivity contribution is -0.179. The molecule has 1 saturated carbocycles. The predicted molar refractivity (Wildman–Crippen MR) is 107 cm³/mol. The van der Waals surface area contributed by atoms with Gasteiger partial charge >= 0.3 is 0 Å². The van der Waals surface area contributed by atoms with Crippen LogP contribution in [0.4, 0.5) is 0 Å². The average molecular weight is 383 g/mol. The molecule has 2 fully saturated rings. The number of likely N-dealkylation sites (tertiary alicyclic amines) is 1. The highest BCUT2D eigenvalue weighted by atomic mass is 16.5. The number of fused-ring (bicyclic) bond motifs is 1. The Balaban J connectivity index is 1.67. The maximum Gasteiger partial charge on any atom is 0.119 e. The van der Waals surface area contributed by atoms with Crippen LogP contribution < -0.4 is 4.74 Å². The summed E-state index contributed by atoms with van der Waals surface area (Å²) in [5.41, 5.74) is 0.453. The Bertz CT molecular complexity index is 813. The molecule has 0 spiro atoms. The molecule has 1 aliphatic heterocycles. The van der Waals surface area contributed by atoms with E-state index in [-0.39, 0.29) is 6.42 Å². The van der Waals surface area contributed by atoms with E-state index < -0.39 is 23.2 Å². The molecule has 28 heavy (non-hydrogen) atoms. The van der Waals surface area contributed by atoms with E-state index in [2.05, 4.69) is 17.0 Å². The third-order valence-electron chi connectivity index (χ3n) is 6.65. The van der Waals surface area contributed by atoms with Crippen LogP contribution in [0.15, 0.2) is 54.6 Å². The van der Waals surface area contributed by atoms with Gasteiger partial charge in [-0.15, -0.1) is 0 Å². The van der Waals surface area contributed by atoms with Crippen LogP contribution in [0.2, 0.25) is 0 Å². The summed E-state index contributed by atoms with van der Waals surface area (Å²) in [6.07, 6.45) is -0.534.